The number of hydrogen-bond donors (Lipinski definition) is 2. The fraction of sp³-hybridized carbons (Fsp3) is 0.364. The van der Waals surface area contributed by atoms with Crippen LogP contribution in [0.1, 0.15) is 24.1 Å². The lowest BCUT2D eigenvalue weighted by Crippen LogP contribution is -2.33. The molecule has 0 spiro atoms. The zero-order valence-electron chi connectivity index (χ0n) is 17.4. The van der Waals surface area contributed by atoms with Gasteiger partial charge in [-0.05, 0) is 63.0 Å². The van der Waals surface area contributed by atoms with Crippen molar-refractivity contribution in [3.8, 4) is 17.0 Å². The highest BCUT2D eigenvalue weighted by molar-refractivity contribution is 5.96. The van der Waals surface area contributed by atoms with Gasteiger partial charge in [-0.2, -0.15) is 18.3 Å². The lowest BCUT2D eigenvalue weighted by atomic mass is 9.92. The summed E-state index contributed by atoms with van der Waals surface area (Å²) in [7, 11) is 2.11. The highest BCUT2D eigenvalue weighted by atomic mass is 19.4. The smallest absolute Gasteiger partial charge is 0.416 e. The van der Waals surface area contributed by atoms with Crippen molar-refractivity contribution in [1.29, 1.82) is 0 Å². The molecule has 0 amide bonds. The number of aromatic hydroxyl groups is 1. The largest absolute Gasteiger partial charge is 0.507 e. The van der Waals surface area contributed by atoms with Crippen LogP contribution in [0.15, 0.2) is 36.7 Å². The number of hydrogen-bond acceptors (Lipinski definition) is 6. The quantitative estimate of drug-likeness (QED) is 0.584. The molecule has 3 aromatic rings. The molecule has 1 aliphatic heterocycles. The first-order valence-electron chi connectivity index (χ1n) is 10.0. The van der Waals surface area contributed by atoms with Crippen LogP contribution in [0.3, 0.4) is 0 Å². The predicted octanol–water partition coefficient (Wildman–Crippen LogP) is 4.00. The van der Waals surface area contributed by atoms with E-state index in [-0.39, 0.29) is 12.0 Å². The van der Waals surface area contributed by atoms with Crippen LogP contribution in [0.25, 0.3) is 22.0 Å². The van der Waals surface area contributed by atoms with E-state index in [0.717, 1.165) is 49.5 Å². The van der Waals surface area contributed by atoms with Gasteiger partial charge in [-0.1, -0.05) is 0 Å². The van der Waals surface area contributed by atoms with E-state index in [1.165, 1.54) is 6.07 Å². The van der Waals surface area contributed by atoms with Gasteiger partial charge in [-0.3, -0.25) is 9.78 Å². The van der Waals surface area contributed by atoms with E-state index in [4.69, 9.17) is 9.90 Å². The monoisotopic (exact) mass is 448 g/mol. The van der Waals surface area contributed by atoms with Gasteiger partial charge in [-0.25, -0.2) is 0 Å². The van der Waals surface area contributed by atoms with Gasteiger partial charge in [0.25, 0.3) is 6.47 Å². The molecule has 10 heteroatoms. The van der Waals surface area contributed by atoms with Crippen molar-refractivity contribution in [1.82, 2.24) is 20.1 Å². The number of halogens is 3. The summed E-state index contributed by atoms with van der Waals surface area (Å²) in [5.41, 5.74) is 0.460. The van der Waals surface area contributed by atoms with Gasteiger partial charge in [0.15, 0.2) is 0 Å². The number of carboxylic acid groups (broad SMARTS) is 1. The Bertz CT molecular complexity index is 1090. The van der Waals surface area contributed by atoms with Gasteiger partial charge < -0.3 is 15.1 Å². The fourth-order valence-corrected chi connectivity index (χ4v) is 4.02. The summed E-state index contributed by atoms with van der Waals surface area (Å²) in [6, 6.07) is 4.72. The molecule has 1 fully saturated rings. The molecule has 1 saturated heterocycles. The number of pyridine rings is 1. The maximum atomic E-state index is 12.9. The van der Waals surface area contributed by atoms with Crippen LogP contribution in [-0.2, 0) is 17.4 Å². The first-order chi connectivity index (χ1) is 15.2. The second-order valence-corrected chi connectivity index (χ2v) is 7.73. The van der Waals surface area contributed by atoms with Crippen LogP contribution in [0.2, 0.25) is 0 Å². The number of rotatable bonds is 3. The maximum absolute atomic E-state index is 12.9. The number of piperidine rings is 1. The van der Waals surface area contributed by atoms with Crippen molar-refractivity contribution in [2.75, 3.05) is 20.1 Å². The zero-order chi connectivity index (χ0) is 23.3. The first-order valence-corrected chi connectivity index (χ1v) is 10.0. The lowest BCUT2D eigenvalue weighted by Gasteiger charge is -2.29. The molecular weight excluding hydrogens is 425 g/mol. The van der Waals surface area contributed by atoms with Crippen LogP contribution in [0, 0.1) is 5.92 Å². The Hall–Kier alpha value is -3.27. The minimum absolute atomic E-state index is 0.201. The van der Waals surface area contributed by atoms with E-state index in [1.54, 1.807) is 12.4 Å². The Kier molecular flexibility index (Phi) is 7.24. The molecule has 3 heterocycles. The van der Waals surface area contributed by atoms with Crippen LogP contribution in [0.4, 0.5) is 13.2 Å². The first kappa shape index (κ1) is 23.4. The lowest BCUT2D eigenvalue weighted by molar-refractivity contribution is -0.137. The molecule has 1 aromatic carbocycles. The summed E-state index contributed by atoms with van der Waals surface area (Å²) in [4.78, 5) is 14.8. The Balaban J connectivity index is 0.000000913. The van der Waals surface area contributed by atoms with Gasteiger partial charge in [0.2, 0.25) is 0 Å². The van der Waals surface area contributed by atoms with E-state index in [9.17, 15) is 18.3 Å². The van der Waals surface area contributed by atoms with Crippen LogP contribution in [-0.4, -0.2) is 56.9 Å². The second-order valence-electron chi connectivity index (χ2n) is 7.73. The van der Waals surface area contributed by atoms with Gasteiger partial charge in [0.05, 0.1) is 11.3 Å². The Morgan fingerprint density at radius 1 is 1.22 bits per heavy atom. The fourth-order valence-electron chi connectivity index (χ4n) is 4.02. The highest BCUT2D eigenvalue weighted by Gasteiger charge is 2.31. The highest BCUT2D eigenvalue weighted by Crippen LogP contribution is 2.38. The third-order valence-electron chi connectivity index (χ3n) is 5.44. The minimum atomic E-state index is -4.53. The number of nitrogens with zero attached hydrogens (tertiary/aromatic N) is 4. The van der Waals surface area contributed by atoms with E-state index in [1.807, 2.05) is 6.07 Å². The number of phenolic OH excluding ortho intramolecular Hbond substituents is 1. The molecule has 2 aromatic heterocycles. The molecule has 170 valence electrons. The molecule has 0 aliphatic carbocycles. The van der Waals surface area contributed by atoms with Crippen LogP contribution < -0.4 is 0 Å². The average molecular weight is 448 g/mol. The Labute approximate surface area is 182 Å². The second kappa shape index (κ2) is 9.90. The number of carbonyl (C=O) groups is 1. The molecule has 0 saturated carbocycles. The number of alkyl halides is 3. The van der Waals surface area contributed by atoms with Crippen molar-refractivity contribution >= 4 is 17.2 Å². The third kappa shape index (κ3) is 5.31. The molecular formula is C22H23F3N4O3. The number of benzene rings is 1. The predicted molar refractivity (Wildman–Crippen MR) is 112 cm³/mol. The van der Waals surface area contributed by atoms with E-state index in [2.05, 4.69) is 27.1 Å². The summed E-state index contributed by atoms with van der Waals surface area (Å²) >= 11 is 0. The topological polar surface area (TPSA) is 99.4 Å². The number of phenols is 1. The van der Waals surface area contributed by atoms with Crippen molar-refractivity contribution in [2.45, 2.75) is 25.4 Å². The normalized spacial score (nSPS) is 16.9. The molecule has 4 rings (SSSR count). The van der Waals surface area contributed by atoms with E-state index in [0.29, 0.717) is 23.1 Å². The summed E-state index contributed by atoms with van der Waals surface area (Å²) in [5, 5.41) is 27.3. The number of aromatic nitrogens is 3. The van der Waals surface area contributed by atoms with Gasteiger partial charge in [0, 0.05) is 35.3 Å². The molecule has 1 unspecified atom stereocenters. The SMILES string of the molecule is CN1CCCC(Cc2nnc(-c3ccc(C(F)(F)F)cc3O)c3cnccc23)C1.O=CO. The van der Waals surface area contributed by atoms with Crippen molar-refractivity contribution < 1.29 is 28.2 Å². The summed E-state index contributed by atoms with van der Waals surface area (Å²) < 4.78 is 38.7. The standard InChI is InChI=1S/C21H21F3N4O.CH2O2/c1-28-8-2-3-13(12-28)9-18-15-6-7-25-11-17(15)20(27-26-18)16-5-4-14(10-19(16)29)21(22,23)24;2-1-3/h4-7,10-11,13,29H,2-3,8-9,12H2,1H3;1H,(H,2,3). The van der Waals surface area contributed by atoms with E-state index < -0.39 is 17.5 Å². The molecule has 0 bridgehead atoms. The van der Waals surface area contributed by atoms with Crippen molar-refractivity contribution in [2.24, 2.45) is 5.92 Å². The number of likely N-dealkylation sites (tertiary alicyclic amines) is 1. The van der Waals surface area contributed by atoms with Gasteiger partial charge in [-0.15, -0.1) is 5.10 Å². The Morgan fingerprint density at radius 3 is 2.62 bits per heavy atom. The van der Waals surface area contributed by atoms with E-state index >= 15 is 0 Å². The van der Waals surface area contributed by atoms with Crippen molar-refractivity contribution in [3.63, 3.8) is 0 Å². The minimum Gasteiger partial charge on any atom is -0.507 e. The molecule has 32 heavy (non-hydrogen) atoms. The average Bonchev–Trinajstić information content (AvgIpc) is 2.74. The summed E-state index contributed by atoms with van der Waals surface area (Å²) in [5.74, 6) is -0.00864. The summed E-state index contributed by atoms with van der Waals surface area (Å²) in [6.45, 7) is 1.84. The van der Waals surface area contributed by atoms with Crippen molar-refractivity contribution in [3.05, 3.63) is 47.9 Å². The van der Waals surface area contributed by atoms with Crippen LogP contribution >= 0.6 is 0 Å². The zero-order valence-corrected chi connectivity index (χ0v) is 17.4. The molecule has 7 nitrogen and oxygen atoms in total. The molecule has 2 N–H and O–H groups in total. The molecule has 1 atom stereocenters. The summed E-state index contributed by atoms with van der Waals surface area (Å²) in [6.07, 6.45) is 1.80. The molecule has 0 radical (unpaired) electrons. The van der Waals surface area contributed by atoms with Gasteiger partial charge in [0.1, 0.15) is 11.4 Å². The Morgan fingerprint density at radius 2 is 1.97 bits per heavy atom. The third-order valence-corrected chi connectivity index (χ3v) is 5.44. The number of fused-ring (bicyclic) bond motifs is 1. The molecule has 1 aliphatic rings. The van der Waals surface area contributed by atoms with Gasteiger partial charge >= 0.3 is 6.18 Å². The van der Waals surface area contributed by atoms with Crippen LogP contribution in [0.5, 0.6) is 5.75 Å². The maximum Gasteiger partial charge on any atom is 0.416 e.